The minimum absolute atomic E-state index is 0.747. The van der Waals surface area contributed by atoms with E-state index in [0.29, 0.717) is 0 Å². The first-order valence-corrected chi connectivity index (χ1v) is 6.13. The average Bonchev–Trinajstić information content (AvgIpc) is 2.77. The van der Waals surface area contributed by atoms with Gasteiger partial charge < -0.3 is 10.6 Å². The lowest BCUT2D eigenvalue weighted by atomic mass is 10.2. The average molecular weight is 245 g/mol. The molecule has 0 amide bonds. The Kier molecular flexibility index (Phi) is 3.82. The van der Waals surface area contributed by atoms with Crippen LogP contribution in [0.15, 0.2) is 24.4 Å². The molecule has 0 spiro atoms. The number of aryl methyl sites for hydroxylation is 2. The van der Waals surface area contributed by atoms with E-state index >= 15 is 0 Å². The third-order valence-corrected chi connectivity index (χ3v) is 2.79. The van der Waals surface area contributed by atoms with Crippen LogP contribution in [0.2, 0.25) is 0 Å². The Morgan fingerprint density at radius 1 is 1.28 bits per heavy atom. The molecule has 2 N–H and O–H groups in total. The van der Waals surface area contributed by atoms with E-state index in [0.717, 1.165) is 30.3 Å². The molecule has 2 heterocycles. The van der Waals surface area contributed by atoms with Gasteiger partial charge in [0.25, 0.3) is 0 Å². The van der Waals surface area contributed by atoms with Crippen molar-refractivity contribution in [3.8, 4) is 0 Å². The Hall–Kier alpha value is -2.04. The molecule has 5 heteroatoms. The molecule has 2 aromatic rings. The number of pyridine rings is 1. The molecule has 0 bridgehead atoms. The summed E-state index contributed by atoms with van der Waals surface area (Å²) in [5.74, 6) is 1.73. The predicted molar refractivity (Wildman–Crippen MR) is 73.7 cm³/mol. The molecule has 0 aliphatic heterocycles. The maximum atomic E-state index is 4.42. The lowest BCUT2D eigenvalue weighted by molar-refractivity contribution is 0.746. The lowest BCUT2D eigenvalue weighted by Crippen LogP contribution is -2.03. The number of hydrogen-bond donors (Lipinski definition) is 2. The maximum absolute atomic E-state index is 4.42. The van der Waals surface area contributed by atoms with E-state index in [1.165, 1.54) is 5.56 Å². The zero-order valence-corrected chi connectivity index (χ0v) is 11.1. The number of anilines is 2. The minimum atomic E-state index is 0.747. The molecular weight excluding hydrogens is 226 g/mol. The monoisotopic (exact) mass is 245 g/mol. The van der Waals surface area contributed by atoms with Crippen molar-refractivity contribution in [2.75, 3.05) is 17.7 Å². The van der Waals surface area contributed by atoms with Gasteiger partial charge in [0.05, 0.1) is 5.69 Å². The smallest absolute Gasteiger partial charge is 0.128 e. The van der Waals surface area contributed by atoms with Crippen LogP contribution in [0.1, 0.15) is 18.2 Å². The van der Waals surface area contributed by atoms with Gasteiger partial charge in [-0.3, -0.25) is 4.68 Å². The summed E-state index contributed by atoms with van der Waals surface area (Å²) in [6.07, 6.45) is 3.00. The lowest BCUT2D eigenvalue weighted by Gasteiger charge is -2.06. The Morgan fingerprint density at radius 2 is 2.06 bits per heavy atom. The van der Waals surface area contributed by atoms with Gasteiger partial charge in [-0.1, -0.05) is 13.0 Å². The second-order valence-electron chi connectivity index (χ2n) is 4.14. The van der Waals surface area contributed by atoms with Gasteiger partial charge in [-0.2, -0.15) is 5.10 Å². The van der Waals surface area contributed by atoms with Crippen LogP contribution in [0, 0.1) is 0 Å². The Balaban J connectivity index is 2.06. The van der Waals surface area contributed by atoms with Crippen LogP contribution < -0.4 is 10.6 Å². The molecule has 5 nitrogen and oxygen atoms in total. The highest BCUT2D eigenvalue weighted by Gasteiger charge is 2.05. The van der Waals surface area contributed by atoms with Crippen molar-refractivity contribution in [3.63, 3.8) is 0 Å². The van der Waals surface area contributed by atoms with Gasteiger partial charge in [0.15, 0.2) is 0 Å². The van der Waals surface area contributed by atoms with Gasteiger partial charge >= 0.3 is 0 Å². The highest BCUT2D eigenvalue weighted by atomic mass is 15.3. The van der Waals surface area contributed by atoms with Crippen molar-refractivity contribution in [2.45, 2.75) is 19.9 Å². The van der Waals surface area contributed by atoms with E-state index in [2.05, 4.69) is 27.6 Å². The zero-order valence-electron chi connectivity index (χ0n) is 11.1. The highest BCUT2D eigenvalue weighted by Crippen LogP contribution is 2.12. The molecule has 0 radical (unpaired) electrons. The Labute approximate surface area is 107 Å². The minimum Gasteiger partial charge on any atom is -0.373 e. The van der Waals surface area contributed by atoms with Gasteiger partial charge in [0.1, 0.15) is 11.6 Å². The first-order chi connectivity index (χ1) is 8.72. The molecule has 0 unspecified atom stereocenters. The summed E-state index contributed by atoms with van der Waals surface area (Å²) >= 11 is 0. The highest BCUT2D eigenvalue weighted by molar-refractivity contribution is 5.45. The van der Waals surface area contributed by atoms with Crippen molar-refractivity contribution < 1.29 is 0 Å². The van der Waals surface area contributed by atoms with Crippen molar-refractivity contribution in [2.24, 2.45) is 7.05 Å². The fourth-order valence-electron chi connectivity index (χ4n) is 1.89. The molecule has 0 saturated carbocycles. The fraction of sp³-hybridized carbons (Fsp3) is 0.385. The Bertz CT molecular complexity index is 518. The second-order valence-corrected chi connectivity index (χ2v) is 4.14. The maximum Gasteiger partial charge on any atom is 0.128 e. The van der Waals surface area contributed by atoms with Gasteiger partial charge in [0, 0.05) is 32.4 Å². The van der Waals surface area contributed by atoms with Crippen LogP contribution in [-0.4, -0.2) is 21.8 Å². The second kappa shape index (κ2) is 5.53. The van der Waals surface area contributed by atoms with Gasteiger partial charge in [-0.15, -0.1) is 0 Å². The molecule has 0 aliphatic carbocycles. The molecule has 2 aromatic heterocycles. The van der Waals surface area contributed by atoms with Crippen molar-refractivity contribution in [1.82, 2.24) is 14.8 Å². The van der Waals surface area contributed by atoms with E-state index in [-0.39, 0.29) is 0 Å². The number of rotatable bonds is 5. The van der Waals surface area contributed by atoms with Gasteiger partial charge in [-0.25, -0.2) is 4.98 Å². The Morgan fingerprint density at radius 3 is 2.78 bits per heavy atom. The number of aromatic nitrogens is 3. The van der Waals surface area contributed by atoms with E-state index < -0.39 is 0 Å². The van der Waals surface area contributed by atoms with E-state index in [1.54, 1.807) is 0 Å². The molecule has 0 aliphatic rings. The molecule has 96 valence electrons. The van der Waals surface area contributed by atoms with Crippen molar-refractivity contribution in [1.29, 1.82) is 0 Å². The first kappa shape index (κ1) is 12.4. The molecule has 2 rings (SSSR count). The molecule has 0 atom stereocenters. The van der Waals surface area contributed by atoms with Crippen LogP contribution in [0.3, 0.4) is 0 Å². The van der Waals surface area contributed by atoms with E-state index in [1.807, 2.05) is 43.2 Å². The molecule has 18 heavy (non-hydrogen) atoms. The third-order valence-electron chi connectivity index (χ3n) is 2.79. The fourth-order valence-corrected chi connectivity index (χ4v) is 1.89. The zero-order chi connectivity index (χ0) is 13.0. The van der Waals surface area contributed by atoms with Gasteiger partial charge in [-0.05, 0) is 18.6 Å². The molecular formula is C13H19N5. The SMILES string of the molecule is CCc1nn(C)cc1CNc1cccc(NC)n1. The van der Waals surface area contributed by atoms with Gasteiger partial charge in [0.2, 0.25) is 0 Å². The van der Waals surface area contributed by atoms with Crippen LogP contribution in [0.25, 0.3) is 0 Å². The topological polar surface area (TPSA) is 54.8 Å². The van der Waals surface area contributed by atoms with E-state index in [4.69, 9.17) is 0 Å². The normalized spacial score (nSPS) is 10.4. The number of nitrogens with zero attached hydrogens (tertiary/aromatic N) is 3. The molecule has 0 fully saturated rings. The van der Waals surface area contributed by atoms with Crippen molar-refractivity contribution >= 4 is 11.6 Å². The predicted octanol–water partition coefficient (Wildman–Crippen LogP) is 2.03. The summed E-state index contributed by atoms with van der Waals surface area (Å²) in [7, 11) is 3.81. The number of nitrogens with one attached hydrogen (secondary N) is 2. The quantitative estimate of drug-likeness (QED) is 0.846. The first-order valence-electron chi connectivity index (χ1n) is 6.13. The largest absolute Gasteiger partial charge is 0.373 e. The summed E-state index contributed by atoms with van der Waals surface area (Å²) in [6.45, 7) is 2.86. The van der Waals surface area contributed by atoms with Crippen LogP contribution >= 0.6 is 0 Å². The summed E-state index contributed by atoms with van der Waals surface area (Å²) in [5.41, 5.74) is 2.35. The molecule has 0 aromatic carbocycles. The summed E-state index contributed by atoms with van der Waals surface area (Å²) in [5, 5.41) is 10.8. The summed E-state index contributed by atoms with van der Waals surface area (Å²) in [6, 6.07) is 5.88. The van der Waals surface area contributed by atoms with Crippen LogP contribution in [0.5, 0.6) is 0 Å². The summed E-state index contributed by atoms with van der Waals surface area (Å²) in [4.78, 5) is 4.42. The third kappa shape index (κ3) is 2.80. The standard InChI is InChI=1S/C13H19N5/c1-4-11-10(9-18(3)17-11)8-15-13-7-5-6-12(14-2)16-13/h5-7,9H,4,8H2,1-3H3,(H2,14,15,16). The summed E-state index contributed by atoms with van der Waals surface area (Å²) < 4.78 is 1.85. The van der Waals surface area contributed by atoms with Crippen molar-refractivity contribution in [3.05, 3.63) is 35.7 Å². The molecule has 0 saturated heterocycles. The van der Waals surface area contributed by atoms with Crippen LogP contribution in [-0.2, 0) is 20.0 Å². The van der Waals surface area contributed by atoms with Crippen LogP contribution in [0.4, 0.5) is 11.6 Å². The van der Waals surface area contributed by atoms with E-state index in [9.17, 15) is 0 Å². The number of hydrogen-bond acceptors (Lipinski definition) is 4.